The molecule has 122 valence electrons. The van der Waals surface area contributed by atoms with Gasteiger partial charge >= 0.3 is 5.97 Å². The molecule has 2 rings (SSSR count). The molecule has 6 nitrogen and oxygen atoms in total. The Kier molecular flexibility index (Phi) is 5.69. The number of hydrogen-bond acceptors (Lipinski definition) is 3. The Morgan fingerprint density at radius 3 is 2.78 bits per heavy atom. The zero-order valence-corrected chi connectivity index (χ0v) is 14.4. The van der Waals surface area contributed by atoms with Gasteiger partial charge in [0.15, 0.2) is 0 Å². The van der Waals surface area contributed by atoms with Gasteiger partial charge in [0, 0.05) is 15.3 Å². The maximum absolute atomic E-state index is 13.7. The lowest BCUT2D eigenvalue weighted by Gasteiger charge is -2.14. The van der Waals surface area contributed by atoms with Crippen LogP contribution in [0.3, 0.4) is 0 Å². The van der Waals surface area contributed by atoms with Gasteiger partial charge in [-0.1, -0.05) is 0 Å². The largest absolute Gasteiger partial charge is 0.480 e. The zero-order chi connectivity index (χ0) is 17.0. The average molecular weight is 431 g/mol. The minimum absolute atomic E-state index is 0.104. The highest BCUT2D eigenvalue weighted by atomic mass is 127. The molecule has 0 aliphatic carbocycles. The summed E-state index contributed by atoms with van der Waals surface area (Å²) in [7, 11) is 0. The lowest BCUT2D eigenvalue weighted by molar-refractivity contribution is -0.139. The SMILES string of the molecule is Cc1c(F)cc(C(=O)NC(CCc2cn[nH]c2)C(=O)O)cc1I. The van der Waals surface area contributed by atoms with Crippen molar-refractivity contribution in [3.8, 4) is 0 Å². The Hall–Kier alpha value is -1.97. The Morgan fingerprint density at radius 2 is 2.22 bits per heavy atom. The molecule has 1 amide bonds. The third-order valence-corrected chi connectivity index (χ3v) is 4.54. The summed E-state index contributed by atoms with van der Waals surface area (Å²) >= 11 is 1.93. The van der Waals surface area contributed by atoms with Gasteiger partial charge in [0.1, 0.15) is 11.9 Å². The van der Waals surface area contributed by atoms with E-state index in [2.05, 4.69) is 15.5 Å². The molecular weight excluding hydrogens is 416 g/mol. The smallest absolute Gasteiger partial charge is 0.326 e. The normalized spacial score (nSPS) is 12.0. The van der Waals surface area contributed by atoms with E-state index in [0.717, 1.165) is 11.6 Å². The number of aromatic nitrogens is 2. The number of carboxylic acids is 1. The first-order valence-electron chi connectivity index (χ1n) is 6.85. The van der Waals surface area contributed by atoms with Crippen LogP contribution in [0.15, 0.2) is 24.5 Å². The summed E-state index contributed by atoms with van der Waals surface area (Å²) < 4.78 is 14.3. The predicted octanol–water partition coefficient (Wildman–Crippen LogP) is 2.28. The number of carbonyl (C=O) groups is 2. The number of aryl methyl sites for hydroxylation is 1. The third kappa shape index (κ3) is 4.50. The summed E-state index contributed by atoms with van der Waals surface area (Å²) in [5.74, 6) is -2.24. The second kappa shape index (κ2) is 7.53. The van der Waals surface area contributed by atoms with Crippen molar-refractivity contribution >= 4 is 34.5 Å². The predicted molar refractivity (Wildman–Crippen MR) is 89.7 cm³/mol. The van der Waals surface area contributed by atoms with Gasteiger partial charge in [-0.05, 0) is 65.6 Å². The lowest BCUT2D eigenvalue weighted by atomic mass is 10.1. The topological polar surface area (TPSA) is 95.1 Å². The van der Waals surface area contributed by atoms with Crippen LogP contribution in [0.2, 0.25) is 0 Å². The molecule has 2 aromatic rings. The molecule has 23 heavy (non-hydrogen) atoms. The molecule has 8 heteroatoms. The van der Waals surface area contributed by atoms with Crippen molar-refractivity contribution in [1.82, 2.24) is 15.5 Å². The molecule has 0 aliphatic rings. The van der Waals surface area contributed by atoms with E-state index in [1.165, 1.54) is 6.07 Å². The van der Waals surface area contributed by atoms with Gasteiger partial charge in [-0.3, -0.25) is 9.89 Å². The quantitative estimate of drug-likeness (QED) is 0.612. The maximum Gasteiger partial charge on any atom is 0.326 e. The summed E-state index contributed by atoms with van der Waals surface area (Å²) in [6.07, 6.45) is 3.93. The van der Waals surface area contributed by atoms with Crippen molar-refractivity contribution in [2.45, 2.75) is 25.8 Å². The number of aromatic amines is 1. The maximum atomic E-state index is 13.7. The molecule has 1 atom stereocenters. The summed E-state index contributed by atoms with van der Waals surface area (Å²) in [6, 6.07) is 1.59. The van der Waals surface area contributed by atoms with Gasteiger partial charge in [0.2, 0.25) is 0 Å². The van der Waals surface area contributed by atoms with E-state index >= 15 is 0 Å². The van der Waals surface area contributed by atoms with E-state index < -0.39 is 23.7 Å². The van der Waals surface area contributed by atoms with Gasteiger partial charge in [0.05, 0.1) is 6.20 Å². The monoisotopic (exact) mass is 431 g/mol. The fourth-order valence-electron chi connectivity index (χ4n) is 2.00. The zero-order valence-electron chi connectivity index (χ0n) is 12.3. The van der Waals surface area contributed by atoms with Crippen LogP contribution in [-0.2, 0) is 11.2 Å². The first-order valence-corrected chi connectivity index (χ1v) is 7.93. The van der Waals surface area contributed by atoms with Gasteiger partial charge in [-0.2, -0.15) is 5.10 Å². The molecular formula is C15H15FIN3O3. The van der Waals surface area contributed by atoms with Crippen molar-refractivity contribution in [1.29, 1.82) is 0 Å². The first-order chi connectivity index (χ1) is 10.9. The molecule has 0 saturated heterocycles. The highest BCUT2D eigenvalue weighted by Gasteiger charge is 2.21. The number of H-pyrrole nitrogens is 1. The van der Waals surface area contributed by atoms with Crippen molar-refractivity contribution < 1.29 is 19.1 Å². The number of carboxylic acid groups (broad SMARTS) is 1. The molecule has 0 radical (unpaired) electrons. The fourth-order valence-corrected chi connectivity index (χ4v) is 2.59. The fraction of sp³-hybridized carbons (Fsp3) is 0.267. The van der Waals surface area contributed by atoms with E-state index in [4.69, 9.17) is 0 Å². The van der Waals surface area contributed by atoms with Crippen molar-refractivity contribution in [2.75, 3.05) is 0 Å². The summed E-state index contributed by atoms with van der Waals surface area (Å²) in [5.41, 5.74) is 1.41. The number of hydrogen-bond donors (Lipinski definition) is 3. The van der Waals surface area contributed by atoms with Crippen LogP contribution >= 0.6 is 22.6 Å². The van der Waals surface area contributed by atoms with E-state index in [1.54, 1.807) is 19.3 Å². The Balaban J connectivity index is 2.07. The molecule has 0 fully saturated rings. The van der Waals surface area contributed by atoms with Crippen molar-refractivity contribution in [3.05, 3.63) is 50.6 Å². The number of aliphatic carboxylic acids is 1. The molecule has 3 N–H and O–H groups in total. The first kappa shape index (κ1) is 17.4. The van der Waals surface area contributed by atoms with E-state index in [0.29, 0.717) is 15.6 Å². The number of nitrogens with zero attached hydrogens (tertiary/aromatic N) is 1. The van der Waals surface area contributed by atoms with E-state index in [9.17, 15) is 19.1 Å². The van der Waals surface area contributed by atoms with Crippen LogP contribution in [0.25, 0.3) is 0 Å². The second-order valence-electron chi connectivity index (χ2n) is 5.07. The standard InChI is InChI=1S/C15H15FIN3O3/c1-8-11(16)4-10(5-12(8)17)14(21)20-13(15(22)23)3-2-9-6-18-19-7-9/h4-7,13H,2-3H2,1H3,(H,18,19)(H,20,21)(H,22,23). The minimum Gasteiger partial charge on any atom is -0.480 e. The van der Waals surface area contributed by atoms with Gasteiger partial charge in [-0.25, -0.2) is 9.18 Å². The van der Waals surface area contributed by atoms with E-state index in [1.807, 2.05) is 22.6 Å². The average Bonchev–Trinajstić information content (AvgIpc) is 3.01. The summed E-state index contributed by atoms with van der Waals surface area (Å²) in [4.78, 5) is 23.5. The summed E-state index contributed by atoms with van der Waals surface area (Å²) in [6.45, 7) is 1.61. The van der Waals surface area contributed by atoms with Crippen LogP contribution in [0.5, 0.6) is 0 Å². The van der Waals surface area contributed by atoms with Gasteiger partial charge in [0.25, 0.3) is 5.91 Å². The summed E-state index contributed by atoms with van der Waals surface area (Å²) in [5, 5.41) is 18.1. The third-order valence-electron chi connectivity index (χ3n) is 3.42. The Morgan fingerprint density at radius 1 is 1.48 bits per heavy atom. The van der Waals surface area contributed by atoms with Crippen LogP contribution < -0.4 is 5.32 Å². The van der Waals surface area contributed by atoms with E-state index in [-0.39, 0.29) is 12.0 Å². The molecule has 1 aromatic heterocycles. The minimum atomic E-state index is -1.14. The highest BCUT2D eigenvalue weighted by molar-refractivity contribution is 14.1. The van der Waals surface area contributed by atoms with Gasteiger partial charge < -0.3 is 10.4 Å². The van der Waals surface area contributed by atoms with Crippen molar-refractivity contribution in [2.24, 2.45) is 0 Å². The number of nitrogens with one attached hydrogen (secondary N) is 2. The Bertz CT molecular complexity index is 696. The number of benzene rings is 1. The molecule has 1 aromatic carbocycles. The number of rotatable bonds is 6. The molecule has 1 unspecified atom stereocenters. The molecule has 1 heterocycles. The molecule has 0 aliphatic heterocycles. The van der Waals surface area contributed by atoms with Crippen LogP contribution in [0.1, 0.15) is 27.9 Å². The number of carbonyl (C=O) groups excluding carboxylic acids is 1. The van der Waals surface area contributed by atoms with Crippen LogP contribution in [0.4, 0.5) is 4.39 Å². The Labute approximate surface area is 145 Å². The van der Waals surface area contributed by atoms with Gasteiger partial charge in [-0.15, -0.1) is 0 Å². The number of halogens is 2. The van der Waals surface area contributed by atoms with Crippen molar-refractivity contribution in [3.63, 3.8) is 0 Å². The molecule has 0 saturated carbocycles. The second-order valence-corrected chi connectivity index (χ2v) is 6.24. The molecule has 0 spiro atoms. The number of amides is 1. The molecule has 0 bridgehead atoms. The van der Waals surface area contributed by atoms with Crippen LogP contribution in [-0.4, -0.2) is 33.2 Å². The van der Waals surface area contributed by atoms with Crippen LogP contribution in [0, 0.1) is 16.3 Å². The lowest BCUT2D eigenvalue weighted by Crippen LogP contribution is -2.41. The highest BCUT2D eigenvalue weighted by Crippen LogP contribution is 2.18.